The molecule has 0 saturated heterocycles. The summed E-state index contributed by atoms with van der Waals surface area (Å²) >= 11 is 0. The molecule has 0 heterocycles. The molecule has 4 heteroatoms. The Balaban J connectivity index is 2.89. The zero-order chi connectivity index (χ0) is 12.2. The van der Waals surface area contributed by atoms with E-state index in [1.807, 2.05) is 6.92 Å². The van der Waals surface area contributed by atoms with Gasteiger partial charge >= 0.3 is 6.18 Å². The van der Waals surface area contributed by atoms with Crippen molar-refractivity contribution in [3.05, 3.63) is 35.9 Å². The second kappa shape index (κ2) is 5.34. The molecule has 16 heavy (non-hydrogen) atoms. The topological polar surface area (TPSA) is 12.0 Å². The lowest BCUT2D eigenvalue weighted by Crippen LogP contribution is -2.39. The molecule has 0 radical (unpaired) electrons. The molecule has 0 aliphatic heterocycles. The third kappa shape index (κ3) is 3.52. The average molecular weight is 231 g/mol. The lowest BCUT2D eigenvalue weighted by Gasteiger charge is -2.25. The Morgan fingerprint density at radius 2 is 1.75 bits per heavy atom. The Bertz CT molecular complexity index is 308. The summed E-state index contributed by atoms with van der Waals surface area (Å²) in [6.45, 7) is 3.61. The molecule has 0 saturated carbocycles. The Kier molecular flexibility index (Phi) is 4.35. The van der Waals surface area contributed by atoms with Crippen LogP contribution in [0.15, 0.2) is 30.3 Å². The lowest BCUT2D eigenvalue weighted by atomic mass is 10.1. The molecule has 0 bridgehead atoms. The highest BCUT2D eigenvalue weighted by molar-refractivity contribution is 5.20. The van der Waals surface area contributed by atoms with E-state index in [1.54, 1.807) is 25.1 Å². The van der Waals surface area contributed by atoms with Gasteiger partial charge in [-0.3, -0.25) is 5.32 Å². The third-order valence-electron chi connectivity index (χ3n) is 2.52. The van der Waals surface area contributed by atoms with Gasteiger partial charge in [0, 0.05) is 6.04 Å². The molecule has 0 aromatic heterocycles. The van der Waals surface area contributed by atoms with Crippen LogP contribution in [0.25, 0.3) is 0 Å². The quantitative estimate of drug-likeness (QED) is 0.833. The van der Waals surface area contributed by atoms with Gasteiger partial charge in [-0.05, 0) is 18.9 Å². The average Bonchev–Trinajstić information content (AvgIpc) is 2.25. The van der Waals surface area contributed by atoms with E-state index in [0.717, 1.165) is 0 Å². The van der Waals surface area contributed by atoms with Crippen molar-refractivity contribution in [2.45, 2.75) is 38.5 Å². The summed E-state index contributed by atoms with van der Waals surface area (Å²) in [5.41, 5.74) is 0.260. The zero-order valence-electron chi connectivity index (χ0n) is 9.38. The molecule has 1 N–H and O–H groups in total. The number of hydrogen-bond acceptors (Lipinski definition) is 1. The van der Waals surface area contributed by atoms with Crippen LogP contribution in [0.3, 0.4) is 0 Å². The smallest absolute Gasteiger partial charge is 0.300 e. The summed E-state index contributed by atoms with van der Waals surface area (Å²) in [6, 6.07) is 6.19. The van der Waals surface area contributed by atoms with Gasteiger partial charge in [0.25, 0.3) is 0 Å². The molecule has 1 aromatic rings. The molecule has 0 fully saturated rings. The van der Waals surface area contributed by atoms with Crippen LogP contribution in [0.2, 0.25) is 0 Å². The Labute approximate surface area is 93.7 Å². The van der Waals surface area contributed by atoms with E-state index >= 15 is 0 Å². The SMILES string of the molecule is CCC(C)NC(c1ccccc1)C(F)(F)F. The molecule has 1 aromatic carbocycles. The monoisotopic (exact) mass is 231 g/mol. The largest absolute Gasteiger partial charge is 0.407 e. The van der Waals surface area contributed by atoms with Crippen molar-refractivity contribution in [1.29, 1.82) is 0 Å². The Morgan fingerprint density at radius 1 is 1.19 bits per heavy atom. The Hall–Kier alpha value is -1.03. The highest BCUT2D eigenvalue weighted by atomic mass is 19.4. The Morgan fingerprint density at radius 3 is 2.19 bits per heavy atom. The first-order chi connectivity index (χ1) is 7.45. The van der Waals surface area contributed by atoms with Gasteiger partial charge in [0.2, 0.25) is 0 Å². The number of benzene rings is 1. The predicted molar refractivity (Wildman–Crippen MR) is 58.1 cm³/mol. The predicted octanol–water partition coefficient (Wildman–Crippen LogP) is 3.68. The van der Waals surface area contributed by atoms with Gasteiger partial charge in [0.1, 0.15) is 6.04 Å². The van der Waals surface area contributed by atoms with Crippen molar-refractivity contribution in [3.8, 4) is 0 Å². The van der Waals surface area contributed by atoms with Crippen LogP contribution in [0, 0.1) is 0 Å². The fourth-order valence-corrected chi connectivity index (χ4v) is 1.43. The molecule has 0 aliphatic carbocycles. The summed E-state index contributed by atoms with van der Waals surface area (Å²) in [5.74, 6) is 0. The molecular formula is C12H16F3N. The normalized spacial score (nSPS) is 15.8. The van der Waals surface area contributed by atoms with E-state index in [1.165, 1.54) is 12.1 Å². The maximum absolute atomic E-state index is 12.8. The molecule has 0 aliphatic rings. The molecular weight excluding hydrogens is 215 g/mol. The highest BCUT2D eigenvalue weighted by Crippen LogP contribution is 2.32. The van der Waals surface area contributed by atoms with Crippen LogP contribution in [-0.2, 0) is 0 Å². The van der Waals surface area contributed by atoms with Gasteiger partial charge < -0.3 is 0 Å². The molecule has 0 amide bonds. The van der Waals surface area contributed by atoms with Crippen molar-refractivity contribution in [2.75, 3.05) is 0 Å². The van der Waals surface area contributed by atoms with Crippen molar-refractivity contribution in [1.82, 2.24) is 5.32 Å². The summed E-state index contributed by atoms with van der Waals surface area (Å²) in [5, 5.41) is 2.60. The third-order valence-corrected chi connectivity index (χ3v) is 2.52. The molecule has 2 atom stereocenters. The first kappa shape index (κ1) is 13.0. The van der Waals surface area contributed by atoms with Gasteiger partial charge in [-0.25, -0.2) is 0 Å². The van der Waals surface area contributed by atoms with Gasteiger partial charge in [-0.15, -0.1) is 0 Å². The summed E-state index contributed by atoms with van der Waals surface area (Å²) in [7, 11) is 0. The summed E-state index contributed by atoms with van der Waals surface area (Å²) in [6.07, 6.45) is -3.59. The minimum Gasteiger partial charge on any atom is -0.300 e. The maximum atomic E-state index is 12.8. The fourth-order valence-electron chi connectivity index (χ4n) is 1.43. The number of nitrogens with one attached hydrogen (secondary N) is 1. The summed E-state index contributed by atoms with van der Waals surface area (Å²) in [4.78, 5) is 0. The highest BCUT2D eigenvalue weighted by Gasteiger charge is 2.40. The first-order valence-electron chi connectivity index (χ1n) is 5.33. The van der Waals surface area contributed by atoms with Crippen LogP contribution in [0.5, 0.6) is 0 Å². The van der Waals surface area contributed by atoms with Crippen LogP contribution in [-0.4, -0.2) is 12.2 Å². The van der Waals surface area contributed by atoms with Crippen molar-refractivity contribution >= 4 is 0 Å². The van der Waals surface area contributed by atoms with Crippen LogP contribution >= 0.6 is 0 Å². The van der Waals surface area contributed by atoms with E-state index in [4.69, 9.17) is 0 Å². The minimum absolute atomic E-state index is 0.160. The van der Waals surface area contributed by atoms with E-state index in [0.29, 0.717) is 6.42 Å². The van der Waals surface area contributed by atoms with E-state index in [-0.39, 0.29) is 11.6 Å². The molecule has 1 rings (SSSR count). The number of rotatable bonds is 4. The van der Waals surface area contributed by atoms with E-state index in [2.05, 4.69) is 5.32 Å². The number of alkyl halides is 3. The fraction of sp³-hybridized carbons (Fsp3) is 0.500. The number of halogens is 3. The van der Waals surface area contributed by atoms with Gasteiger partial charge in [-0.2, -0.15) is 13.2 Å². The van der Waals surface area contributed by atoms with Gasteiger partial charge in [-0.1, -0.05) is 37.3 Å². The summed E-state index contributed by atoms with van der Waals surface area (Å²) < 4.78 is 38.5. The number of hydrogen-bond donors (Lipinski definition) is 1. The standard InChI is InChI=1S/C12H16F3N/c1-3-9(2)16-11(12(13,14)15)10-7-5-4-6-8-10/h4-9,11,16H,3H2,1-2H3. The van der Waals surface area contributed by atoms with Crippen LogP contribution in [0.1, 0.15) is 31.9 Å². The molecule has 2 unspecified atom stereocenters. The van der Waals surface area contributed by atoms with Crippen molar-refractivity contribution < 1.29 is 13.2 Å². The molecule has 90 valence electrons. The maximum Gasteiger partial charge on any atom is 0.407 e. The second-order valence-electron chi connectivity index (χ2n) is 3.86. The molecule has 1 nitrogen and oxygen atoms in total. The van der Waals surface area contributed by atoms with Gasteiger partial charge in [0.05, 0.1) is 0 Å². The molecule has 0 spiro atoms. The minimum atomic E-state index is -4.26. The lowest BCUT2D eigenvalue weighted by molar-refractivity contribution is -0.159. The zero-order valence-corrected chi connectivity index (χ0v) is 9.38. The van der Waals surface area contributed by atoms with Crippen LogP contribution in [0.4, 0.5) is 13.2 Å². The first-order valence-corrected chi connectivity index (χ1v) is 5.33. The van der Waals surface area contributed by atoms with Crippen molar-refractivity contribution in [2.24, 2.45) is 0 Å². The van der Waals surface area contributed by atoms with Crippen molar-refractivity contribution in [3.63, 3.8) is 0 Å². The van der Waals surface area contributed by atoms with E-state index < -0.39 is 12.2 Å². The van der Waals surface area contributed by atoms with Crippen LogP contribution < -0.4 is 5.32 Å². The van der Waals surface area contributed by atoms with Gasteiger partial charge in [0.15, 0.2) is 0 Å². The van der Waals surface area contributed by atoms with E-state index in [9.17, 15) is 13.2 Å². The second-order valence-corrected chi connectivity index (χ2v) is 3.86.